The van der Waals surface area contributed by atoms with Gasteiger partial charge in [-0.05, 0) is 11.1 Å². The van der Waals surface area contributed by atoms with Crippen molar-refractivity contribution in [2.75, 3.05) is 0 Å². The highest BCUT2D eigenvalue weighted by atomic mass is 19.4. The number of carbonyl (C=O) groups is 1. The van der Waals surface area contributed by atoms with Crippen molar-refractivity contribution >= 4 is 6.09 Å². The van der Waals surface area contributed by atoms with Crippen molar-refractivity contribution in [3.8, 4) is 0 Å². The summed E-state index contributed by atoms with van der Waals surface area (Å²) in [7, 11) is 0. The number of benzene rings is 2. The number of rotatable bonds is 3. The number of hydrogen-bond acceptors (Lipinski definition) is 2. The van der Waals surface area contributed by atoms with E-state index in [0.29, 0.717) is 5.56 Å². The van der Waals surface area contributed by atoms with E-state index in [-0.39, 0.29) is 6.54 Å². The highest BCUT2D eigenvalue weighted by molar-refractivity contribution is 5.71. The van der Waals surface area contributed by atoms with Crippen molar-refractivity contribution in [2.45, 2.75) is 24.9 Å². The largest absolute Gasteiger partial charge is 0.434 e. The summed E-state index contributed by atoms with van der Waals surface area (Å²) >= 11 is 0. The minimum Gasteiger partial charge on any atom is -0.434 e. The van der Waals surface area contributed by atoms with Crippen LogP contribution < -0.4 is 0 Å². The number of ether oxygens (including phenoxy) is 1. The third-order valence-electron chi connectivity index (χ3n) is 3.74. The van der Waals surface area contributed by atoms with Crippen LogP contribution in [0.15, 0.2) is 60.7 Å². The Labute approximate surface area is 131 Å². The van der Waals surface area contributed by atoms with Gasteiger partial charge < -0.3 is 4.74 Å². The molecular formula is C17H14F3NO2. The first kappa shape index (κ1) is 15.4. The van der Waals surface area contributed by atoms with Crippen LogP contribution in [0.2, 0.25) is 0 Å². The standard InChI is InChI=1S/C17H14F3NO2/c18-17(19,20)15-14(13-9-5-2-6-10-13)21(16(22)23-15)11-12-7-3-1-4-8-12/h1-10,14-15H,11H2/t14-,15+/m0/s1. The second kappa shape index (κ2) is 5.95. The SMILES string of the molecule is O=C1O[C@@H](C(F)(F)F)[C@H](c2ccccc2)N1Cc1ccccc1. The molecular weight excluding hydrogens is 307 g/mol. The molecule has 0 radical (unpaired) electrons. The molecule has 0 bridgehead atoms. The summed E-state index contributed by atoms with van der Waals surface area (Å²) in [6, 6.07) is 15.8. The Morgan fingerprint density at radius 2 is 1.52 bits per heavy atom. The molecule has 1 fully saturated rings. The molecule has 2 aromatic carbocycles. The average Bonchev–Trinajstić information content (AvgIpc) is 2.86. The Kier molecular flexibility index (Phi) is 3.98. The lowest BCUT2D eigenvalue weighted by Crippen LogP contribution is -2.36. The molecule has 1 aliphatic heterocycles. The molecule has 2 aromatic rings. The topological polar surface area (TPSA) is 29.5 Å². The van der Waals surface area contributed by atoms with E-state index in [1.54, 1.807) is 60.7 Å². The van der Waals surface area contributed by atoms with Crippen molar-refractivity contribution in [3.05, 3.63) is 71.8 Å². The number of halogens is 3. The Hall–Kier alpha value is -2.50. The first-order valence-electron chi connectivity index (χ1n) is 7.09. The predicted molar refractivity (Wildman–Crippen MR) is 77.5 cm³/mol. The van der Waals surface area contributed by atoms with Gasteiger partial charge in [-0.3, -0.25) is 4.90 Å². The monoisotopic (exact) mass is 321 g/mol. The number of nitrogens with zero attached hydrogens (tertiary/aromatic N) is 1. The summed E-state index contributed by atoms with van der Waals surface area (Å²) in [6.45, 7) is 0.0613. The quantitative estimate of drug-likeness (QED) is 0.843. The lowest BCUT2D eigenvalue weighted by molar-refractivity contribution is -0.201. The van der Waals surface area contributed by atoms with Gasteiger partial charge in [-0.1, -0.05) is 60.7 Å². The molecule has 120 valence electrons. The van der Waals surface area contributed by atoms with Crippen LogP contribution in [-0.4, -0.2) is 23.3 Å². The fourth-order valence-electron chi connectivity index (χ4n) is 2.71. The molecule has 6 heteroatoms. The van der Waals surface area contributed by atoms with Gasteiger partial charge in [0.1, 0.15) is 6.04 Å². The third-order valence-corrected chi connectivity index (χ3v) is 3.74. The molecule has 1 saturated heterocycles. The molecule has 2 atom stereocenters. The van der Waals surface area contributed by atoms with Gasteiger partial charge in [0.05, 0.1) is 0 Å². The maximum atomic E-state index is 13.3. The van der Waals surface area contributed by atoms with Gasteiger partial charge in [0.25, 0.3) is 0 Å². The zero-order valence-corrected chi connectivity index (χ0v) is 12.0. The van der Waals surface area contributed by atoms with Gasteiger partial charge in [-0.15, -0.1) is 0 Å². The summed E-state index contributed by atoms with van der Waals surface area (Å²) in [4.78, 5) is 13.2. The maximum Gasteiger partial charge on any atom is 0.428 e. The van der Waals surface area contributed by atoms with Crippen LogP contribution in [0.4, 0.5) is 18.0 Å². The van der Waals surface area contributed by atoms with E-state index in [4.69, 9.17) is 0 Å². The molecule has 0 spiro atoms. The van der Waals surface area contributed by atoms with E-state index in [9.17, 15) is 18.0 Å². The molecule has 0 N–H and O–H groups in total. The smallest absolute Gasteiger partial charge is 0.428 e. The van der Waals surface area contributed by atoms with Gasteiger partial charge in [0, 0.05) is 6.54 Å². The highest BCUT2D eigenvalue weighted by Crippen LogP contribution is 2.42. The van der Waals surface area contributed by atoms with Crippen molar-refractivity contribution in [3.63, 3.8) is 0 Å². The number of cyclic esters (lactones) is 1. The number of amides is 1. The van der Waals surface area contributed by atoms with E-state index in [0.717, 1.165) is 10.5 Å². The molecule has 0 saturated carbocycles. The summed E-state index contributed by atoms with van der Waals surface area (Å²) in [5.74, 6) is 0. The zero-order chi connectivity index (χ0) is 16.4. The van der Waals surface area contributed by atoms with E-state index < -0.39 is 24.4 Å². The molecule has 23 heavy (non-hydrogen) atoms. The Balaban J connectivity index is 1.97. The summed E-state index contributed by atoms with van der Waals surface area (Å²) < 4.78 is 44.5. The second-order valence-corrected chi connectivity index (χ2v) is 5.31. The van der Waals surface area contributed by atoms with Crippen LogP contribution in [0.3, 0.4) is 0 Å². The van der Waals surface area contributed by atoms with Crippen LogP contribution in [0.25, 0.3) is 0 Å². The van der Waals surface area contributed by atoms with E-state index in [2.05, 4.69) is 4.74 Å². The molecule has 1 aliphatic rings. The minimum absolute atomic E-state index is 0.0613. The van der Waals surface area contributed by atoms with E-state index in [1.165, 1.54) is 0 Å². The van der Waals surface area contributed by atoms with Crippen LogP contribution in [0, 0.1) is 0 Å². The fourth-order valence-corrected chi connectivity index (χ4v) is 2.71. The second-order valence-electron chi connectivity index (χ2n) is 5.31. The van der Waals surface area contributed by atoms with Gasteiger partial charge in [0.15, 0.2) is 0 Å². The Bertz CT molecular complexity index is 673. The van der Waals surface area contributed by atoms with Gasteiger partial charge in [-0.2, -0.15) is 13.2 Å². The van der Waals surface area contributed by atoms with E-state index >= 15 is 0 Å². The first-order valence-corrected chi connectivity index (χ1v) is 7.09. The summed E-state index contributed by atoms with van der Waals surface area (Å²) in [6.07, 6.45) is -7.74. The normalized spacial score (nSPS) is 21.3. The van der Waals surface area contributed by atoms with Crippen molar-refractivity contribution < 1.29 is 22.7 Å². The highest BCUT2D eigenvalue weighted by Gasteiger charge is 2.56. The summed E-state index contributed by atoms with van der Waals surface area (Å²) in [5.41, 5.74) is 1.14. The van der Waals surface area contributed by atoms with Crippen LogP contribution in [-0.2, 0) is 11.3 Å². The molecule has 0 unspecified atom stereocenters. The third kappa shape index (κ3) is 3.16. The number of alkyl halides is 3. The fraction of sp³-hybridized carbons (Fsp3) is 0.235. The number of hydrogen-bond donors (Lipinski definition) is 0. The van der Waals surface area contributed by atoms with Gasteiger partial charge >= 0.3 is 12.3 Å². The van der Waals surface area contributed by atoms with Crippen molar-refractivity contribution in [2.24, 2.45) is 0 Å². The van der Waals surface area contributed by atoms with E-state index in [1.807, 2.05) is 0 Å². The molecule has 0 aliphatic carbocycles. The minimum atomic E-state index is -4.62. The van der Waals surface area contributed by atoms with Crippen molar-refractivity contribution in [1.82, 2.24) is 4.90 Å². The maximum absolute atomic E-state index is 13.3. The molecule has 1 amide bonds. The summed E-state index contributed by atoms with van der Waals surface area (Å²) in [5, 5.41) is 0. The zero-order valence-electron chi connectivity index (χ0n) is 12.0. The van der Waals surface area contributed by atoms with Crippen molar-refractivity contribution in [1.29, 1.82) is 0 Å². The molecule has 0 aromatic heterocycles. The van der Waals surface area contributed by atoms with Crippen LogP contribution in [0.1, 0.15) is 17.2 Å². The van der Waals surface area contributed by atoms with Gasteiger partial charge in [-0.25, -0.2) is 4.79 Å². The first-order chi connectivity index (χ1) is 11.0. The van der Waals surface area contributed by atoms with Crippen LogP contribution >= 0.6 is 0 Å². The van der Waals surface area contributed by atoms with Crippen LogP contribution in [0.5, 0.6) is 0 Å². The predicted octanol–water partition coefficient (Wildman–Crippen LogP) is 4.31. The van der Waals surface area contributed by atoms with Gasteiger partial charge in [0.2, 0.25) is 6.10 Å². The lowest BCUT2D eigenvalue weighted by atomic mass is 10.00. The molecule has 1 heterocycles. The molecule has 3 nitrogen and oxygen atoms in total. The number of carbonyl (C=O) groups excluding carboxylic acids is 1. The Morgan fingerprint density at radius 1 is 0.957 bits per heavy atom. The molecule has 3 rings (SSSR count). The lowest BCUT2D eigenvalue weighted by Gasteiger charge is -2.26. The average molecular weight is 321 g/mol. The Morgan fingerprint density at radius 3 is 2.09 bits per heavy atom.